The molecule has 1 amide bonds. The summed E-state index contributed by atoms with van der Waals surface area (Å²) in [6.45, 7) is 0. The van der Waals surface area contributed by atoms with Crippen LogP contribution < -0.4 is 21.3 Å². The highest BCUT2D eigenvalue weighted by molar-refractivity contribution is 6.07. The molecule has 2 aromatic rings. The number of ketones is 1. The Labute approximate surface area is 159 Å². The molecule has 1 fully saturated rings. The molecule has 0 bridgehead atoms. The van der Waals surface area contributed by atoms with Gasteiger partial charge in [-0.2, -0.15) is 0 Å². The number of rotatable bonds is 7. The van der Waals surface area contributed by atoms with Crippen LogP contribution >= 0.6 is 0 Å². The molecule has 0 aliphatic heterocycles. The highest BCUT2D eigenvalue weighted by Crippen LogP contribution is 2.44. The normalized spacial score (nSPS) is 14.9. The summed E-state index contributed by atoms with van der Waals surface area (Å²) in [6, 6.07) is 7.43. The van der Waals surface area contributed by atoms with Crippen LogP contribution in [0.25, 0.3) is 0 Å². The molecule has 4 N–H and O–H groups in total. The Morgan fingerprint density at radius 1 is 1.25 bits per heavy atom. The molecule has 0 spiro atoms. The van der Waals surface area contributed by atoms with Crippen molar-refractivity contribution in [3.8, 4) is 5.75 Å². The van der Waals surface area contributed by atoms with Crippen LogP contribution in [0.4, 0.5) is 14.7 Å². The molecule has 1 aromatic heterocycles. The van der Waals surface area contributed by atoms with Crippen molar-refractivity contribution in [2.45, 2.75) is 31.2 Å². The lowest BCUT2D eigenvalue weighted by Gasteiger charge is -2.43. The van der Waals surface area contributed by atoms with E-state index in [9.17, 15) is 18.4 Å². The quantitative estimate of drug-likeness (QED) is 0.286. The number of hydrogen-bond donors (Lipinski definition) is 3. The van der Waals surface area contributed by atoms with Crippen molar-refractivity contribution in [2.24, 2.45) is 5.84 Å². The van der Waals surface area contributed by atoms with Gasteiger partial charge in [-0.15, -0.1) is 0 Å². The van der Waals surface area contributed by atoms with Crippen molar-refractivity contribution in [3.63, 3.8) is 0 Å². The van der Waals surface area contributed by atoms with Gasteiger partial charge in [-0.25, -0.2) is 24.6 Å². The maximum Gasteiger partial charge on any atom is 0.302 e. The second kappa shape index (κ2) is 7.85. The number of nitrogens with one attached hydrogen (secondary N) is 2. The number of nitrogens with zero attached hydrogens (tertiary/aromatic N) is 2. The zero-order valence-electron chi connectivity index (χ0n) is 15.0. The zero-order chi connectivity index (χ0) is 20.3. The van der Waals surface area contributed by atoms with Crippen molar-refractivity contribution >= 4 is 17.6 Å². The molecular weight excluding hydrogens is 372 g/mol. The van der Waals surface area contributed by atoms with Gasteiger partial charge in [0.05, 0.1) is 18.2 Å². The summed E-state index contributed by atoms with van der Waals surface area (Å²) in [7, 11) is 1.57. The number of ether oxygens (including phenoxy) is 1. The summed E-state index contributed by atoms with van der Waals surface area (Å²) in [5, 5.41) is 3.14. The Hall–Kier alpha value is -3.14. The summed E-state index contributed by atoms with van der Waals surface area (Å²) in [6.07, 6.45) is 0.187. The molecule has 0 atom stereocenters. The number of hydrazine groups is 1. The molecule has 28 heavy (non-hydrogen) atoms. The summed E-state index contributed by atoms with van der Waals surface area (Å²) in [5.74, 6) is 3.22. The molecule has 1 aliphatic carbocycles. The third kappa shape index (κ3) is 3.63. The summed E-state index contributed by atoms with van der Waals surface area (Å²) in [5.41, 5.74) is 1.16. The standard InChI is InChI=1S/C18H19F2N5O3/c1-28-11-5-3-10(4-6-11)18(7-2-8-18)24-17-22-9-12(16(27)25-21)13(23-17)14(26)15(19)20/h3-6,9,15H,2,7-8,21H2,1H3,(H,25,27)(H,22,23,24). The van der Waals surface area contributed by atoms with E-state index in [0.717, 1.165) is 31.0 Å². The van der Waals surface area contributed by atoms with E-state index in [4.69, 9.17) is 10.6 Å². The molecule has 8 nitrogen and oxygen atoms in total. The molecule has 0 radical (unpaired) electrons. The Kier molecular flexibility index (Phi) is 5.50. The monoisotopic (exact) mass is 391 g/mol. The van der Waals surface area contributed by atoms with Gasteiger partial charge in [-0.05, 0) is 37.0 Å². The molecule has 1 heterocycles. The number of alkyl halides is 2. The number of methoxy groups -OCH3 is 1. The van der Waals surface area contributed by atoms with Crippen molar-refractivity contribution in [3.05, 3.63) is 47.3 Å². The average molecular weight is 391 g/mol. The predicted octanol–water partition coefficient (Wildman–Crippen LogP) is 2.03. The number of carbonyl (C=O) groups is 2. The third-order valence-electron chi connectivity index (χ3n) is 4.80. The Balaban J connectivity index is 1.95. The fraction of sp³-hybridized carbons (Fsp3) is 0.333. The van der Waals surface area contributed by atoms with E-state index in [0.29, 0.717) is 5.75 Å². The molecule has 0 saturated heterocycles. The number of carbonyl (C=O) groups excluding carboxylic acids is 2. The van der Waals surface area contributed by atoms with Gasteiger partial charge < -0.3 is 10.1 Å². The number of benzene rings is 1. The van der Waals surface area contributed by atoms with Gasteiger partial charge in [0.2, 0.25) is 11.7 Å². The minimum Gasteiger partial charge on any atom is -0.497 e. The molecule has 3 rings (SSSR count). The van der Waals surface area contributed by atoms with Gasteiger partial charge in [-0.1, -0.05) is 12.1 Å². The van der Waals surface area contributed by atoms with Crippen molar-refractivity contribution in [2.75, 3.05) is 12.4 Å². The molecule has 0 unspecified atom stereocenters. The summed E-state index contributed by atoms with van der Waals surface area (Å²) >= 11 is 0. The van der Waals surface area contributed by atoms with Crippen molar-refractivity contribution < 1.29 is 23.1 Å². The van der Waals surface area contributed by atoms with Gasteiger partial charge >= 0.3 is 6.43 Å². The number of hydrogen-bond acceptors (Lipinski definition) is 7. The lowest BCUT2D eigenvalue weighted by atomic mass is 9.72. The number of nitrogen functional groups attached to an aromatic ring is 1. The fourth-order valence-electron chi connectivity index (χ4n) is 3.12. The second-order valence-electron chi connectivity index (χ2n) is 6.38. The first-order chi connectivity index (χ1) is 13.4. The Morgan fingerprint density at radius 2 is 1.93 bits per heavy atom. The number of nitrogens with two attached hydrogens (primary N) is 1. The number of amides is 1. The number of aromatic nitrogens is 2. The Morgan fingerprint density at radius 3 is 2.43 bits per heavy atom. The predicted molar refractivity (Wildman–Crippen MR) is 96.2 cm³/mol. The van der Waals surface area contributed by atoms with E-state index in [1.54, 1.807) is 12.5 Å². The largest absolute Gasteiger partial charge is 0.497 e. The number of halogens is 2. The summed E-state index contributed by atoms with van der Waals surface area (Å²) in [4.78, 5) is 31.5. The summed E-state index contributed by atoms with van der Waals surface area (Å²) < 4.78 is 31.0. The van der Waals surface area contributed by atoms with Crippen LogP contribution in [0.15, 0.2) is 30.5 Å². The highest BCUT2D eigenvalue weighted by Gasteiger charge is 2.39. The van der Waals surface area contributed by atoms with E-state index in [2.05, 4.69) is 15.3 Å². The molecule has 1 aliphatic rings. The lowest BCUT2D eigenvalue weighted by Crippen LogP contribution is -2.42. The van der Waals surface area contributed by atoms with Gasteiger partial charge in [0.15, 0.2) is 0 Å². The second-order valence-corrected chi connectivity index (χ2v) is 6.38. The SMILES string of the molecule is COc1ccc(C2(Nc3ncc(C(=O)NN)c(C(=O)C(F)F)n3)CCC2)cc1. The van der Waals surface area contributed by atoms with Gasteiger partial charge in [0, 0.05) is 6.20 Å². The van der Waals surface area contributed by atoms with E-state index < -0.39 is 34.9 Å². The topological polar surface area (TPSA) is 119 Å². The van der Waals surface area contributed by atoms with Crippen LogP contribution in [-0.2, 0) is 5.54 Å². The number of anilines is 1. The van der Waals surface area contributed by atoms with Gasteiger partial charge in [0.25, 0.3) is 5.91 Å². The van der Waals surface area contributed by atoms with Gasteiger partial charge in [-0.3, -0.25) is 15.0 Å². The zero-order valence-corrected chi connectivity index (χ0v) is 15.0. The third-order valence-corrected chi connectivity index (χ3v) is 4.80. The van der Waals surface area contributed by atoms with Crippen LogP contribution in [0, 0.1) is 0 Å². The van der Waals surface area contributed by atoms with E-state index in [1.165, 1.54) is 0 Å². The molecule has 1 aromatic carbocycles. The first kappa shape index (κ1) is 19.6. The lowest BCUT2D eigenvalue weighted by molar-refractivity contribution is 0.0669. The Bertz CT molecular complexity index is 885. The number of Topliss-reactive ketones (excluding diaryl/α,β-unsaturated/α-hetero) is 1. The van der Waals surface area contributed by atoms with Crippen molar-refractivity contribution in [1.82, 2.24) is 15.4 Å². The van der Waals surface area contributed by atoms with Gasteiger partial charge in [0.1, 0.15) is 11.4 Å². The molecular formula is C18H19F2N5O3. The first-order valence-electron chi connectivity index (χ1n) is 8.53. The smallest absolute Gasteiger partial charge is 0.302 e. The highest BCUT2D eigenvalue weighted by atomic mass is 19.3. The molecule has 10 heteroatoms. The van der Waals surface area contributed by atoms with E-state index >= 15 is 0 Å². The van der Waals surface area contributed by atoms with E-state index in [1.807, 2.05) is 24.3 Å². The first-order valence-corrected chi connectivity index (χ1v) is 8.53. The van der Waals surface area contributed by atoms with Crippen LogP contribution in [0.2, 0.25) is 0 Å². The maximum absolute atomic E-state index is 12.9. The van der Waals surface area contributed by atoms with Crippen molar-refractivity contribution in [1.29, 1.82) is 0 Å². The maximum atomic E-state index is 12.9. The molecule has 148 valence electrons. The fourth-order valence-corrected chi connectivity index (χ4v) is 3.12. The van der Waals surface area contributed by atoms with Crippen LogP contribution in [0.3, 0.4) is 0 Å². The van der Waals surface area contributed by atoms with E-state index in [-0.39, 0.29) is 5.95 Å². The van der Waals surface area contributed by atoms with Crippen LogP contribution in [0.1, 0.15) is 45.7 Å². The van der Waals surface area contributed by atoms with Crippen LogP contribution in [-0.4, -0.2) is 35.2 Å². The average Bonchev–Trinajstić information content (AvgIpc) is 2.69. The molecule has 1 saturated carbocycles. The minimum absolute atomic E-state index is 0.0203. The van der Waals surface area contributed by atoms with Crippen LogP contribution in [0.5, 0.6) is 5.75 Å². The minimum atomic E-state index is -3.31.